The van der Waals surface area contributed by atoms with E-state index in [0.717, 1.165) is 21.5 Å². The molecule has 0 unspecified atom stereocenters. The molecule has 0 aliphatic carbocycles. The Morgan fingerprint density at radius 3 is 2.50 bits per heavy atom. The molecule has 0 spiro atoms. The van der Waals surface area contributed by atoms with Gasteiger partial charge in [-0.15, -0.1) is 0 Å². The fraction of sp³-hybridized carbons (Fsp3) is 0. The van der Waals surface area contributed by atoms with E-state index in [1.165, 1.54) is 0 Å². The summed E-state index contributed by atoms with van der Waals surface area (Å²) in [7, 11) is 0. The van der Waals surface area contributed by atoms with Crippen LogP contribution >= 0.6 is 27.5 Å². The van der Waals surface area contributed by atoms with Gasteiger partial charge in [-0.1, -0.05) is 17.7 Å². The van der Waals surface area contributed by atoms with Crippen LogP contribution in [0.3, 0.4) is 0 Å². The molecule has 0 aromatic heterocycles. The first-order valence-corrected chi connectivity index (χ1v) is 5.90. The van der Waals surface area contributed by atoms with Crippen LogP contribution in [0.25, 0.3) is 0 Å². The second-order valence-corrected chi connectivity index (χ2v) is 4.64. The lowest BCUT2D eigenvalue weighted by molar-refractivity contribution is 1.53. The van der Waals surface area contributed by atoms with Crippen LogP contribution < -0.4 is 11.1 Å². The Balaban J connectivity index is 2.24. The second-order valence-electron chi connectivity index (χ2n) is 3.38. The summed E-state index contributed by atoms with van der Waals surface area (Å²) in [5, 5.41) is 3.90. The van der Waals surface area contributed by atoms with Gasteiger partial charge in [-0.3, -0.25) is 0 Å². The van der Waals surface area contributed by atoms with Crippen LogP contribution in [0, 0.1) is 0 Å². The van der Waals surface area contributed by atoms with Crippen LogP contribution in [0.1, 0.15) is 0 Å². The maximum absolute atomic E-state index is 6.00. The lowest BCUT2D eigenvalue weighted by atomic mass is 10.2. The SMILES string of the molecule is Nc1cccc(Nc2ccc(Br)c(Cl)c2)c1. The Kier molecular flexibility index (Phi) is 3.36. The van der Waals surface area contributed by atoms with E-state index >= 15 is 0 Å². The largest absolute Gasteiger partial charge is 0.399 e. The van der Waals surface area contributed by atoms with Crippen LogP contribution in [-0.4, -0.2) is 0 Å². The van der Waals surface area contributed by atoms with Gasteiger partial charge in [-0.25, -0.2) is 0 Å². The second kappa shape index (κ2) is 4.76. The molecule has 0 radical (unpaired) electrons. The van der Waals surface area contributed by atoms with E-state index in [9.17, 15) is 0 Å². The lowest BCUT2D eigenvalue weighted by Crippen LogP contribution is -1.92. The van der Waals surface area contributed by atoms with E-state index in [-0.39, 0.29) is 0 Å². The zero-order chi connectivity index (χ0) is 11.5. The third kappa shape index (κ3) is 2.68. The zero-order valence-electron chi connectivity index (χ0n) is 8.37. The number of nitrogens with two attached hydrogens (primary N) is 1. The molecular formula is C12H10BrClN2. The van der Waals surface area contributed by atoms with Crippen LogP contribution in [0.5, 0.6) is 0 Å². The van der Waals surface area contributed by atoms with Gasteiger partial charge < -0.3 is 11.1 Å². The number of hydrogen-bond donors (Lipinski definition) is 2. The summed E-state index contributed by atoms with van der Waals surface area (Å²) in [6, 6.07) is 13.3. The summed E-state index contributed by atoms with van der Waals surface area (Å²) >= 11 is 9.35. The van der Waals surface area contributed by atoms with E-state index < -0.39 is 0 Å². The third-order valence-electron chi connectivity index (χ3n) is 2.09. The highest BCUT2D eigenvalue weighted by Gasteiger charge is 1.99. The summed E-state index contributed by atoms with van der Waals surface area (Å²) in [4.78, 5) is 0. The predicted molar refractivity (Wildman–Crippen MR) is 73.3 cm³/mol. The van der Waals surface area contributed by atoms with E-state index in [1.54, 1.807) is 0 Å². The molecule has 16 heavy (non-hydrogen) atoms. The van der Waals surface area contributed by atoms with Gasteiger partial charge in [0.15, 0.2) is 0 Å². The molecule has 2 rings (SSSR count). The Morgan fingerprint density at radius 2 is 1.81 bits per heavy atom. The minimum atomic E-state index is 0.675. The Bertz CT molecular complexity index is 514. The quantitative estimate of drug-likeness (QED) is 0.805. The van der Waals surface area contributed by atoms with Crippen molar-refractivity contribution in [1.82, 2.24) is 0 Å². The molecule has 4 heteroatoms. The molecule has 2 aromatic rings. The minimum Gasteiger partial charge on any atom is -0.399 e. The number of anilines is 3. The summed E-state index contributed by atoms with van der Waals surface area (Å²) in [5.74, 6) is 0. The molecule has 0 aliphatic rings. The number of benzene rings is 2. The van der Waals surface area contributed by atoms with Gasteiger partial charge >= 0.3 is 0 Å². The molecule has 2 nitrogen and oxygen atoms in total. The number of hydrogen-bond acceptors (Lipinski definition) is 2. The van der Waals surface area contributed by atoms with Crippen LogP contribution in [0.4, 0.5) is 17.1 Å². The molecule has 0 bridgehead atoms. The summed E-state index contributed by atoms with van der Waals surface area (Å²) in [5.41, 5.74) is 8.29. The molecule has 0 saturated heterocycles. The third-order valence-corrected chi connectivity index (χ3v) is 3.33. The normalized spacial score (nSPS) is 10.1. The molecule has 3 N–H and O–H groups in total. The van der Waals surface area contributed by atoms with Crippen molar-refractivity contribution in [3.05, 3.63) is 52.0 Å². The molecule has 0 saturated carbocycles. The summed E-state index contributed by atoms with van der Waals surface area (Å²) in [6.07, 6.45) is 0. The van der Waals surface area contributed by atoms with E-state index in [0.29, 0.717) is 5.02 Å². The van der Waals surface area contributed by atoms with Crippen molar-refractivity contribution in [2.45, 2.75) is 0 Å². The van der Waals surface area contributed by atoms with Crippen LogP contribution in [0.2, 0.25) is 5.02 Å². The molecule has 0 amide bonds. The van der Waals surface area contributed by atoms with Gasteiger partial charge in [0.2, 0.25) is 0 Å². The highest BCUT2D eigenvalue weighted by atomic mass is 79.9. The predicted octanol–water partition coefficient (Wildman–Crippen LogP) is 4.43. The zero-order valence-corrected chi connectivity index (χ0v) is 10.7. The van der Waals surface area contributed by atoms with Gasteiger partial charge in [0.05, 0.1) is 5.02 Å². The lowest BCUT2D eigenvalue weighted by Gasteiger charge is -2.08. The Hall–Kier alpha value is -1.19. The highest BCUT2D eigenvalue weighted by molar-refractivity contribution is 9.10. The fourth-order valence-corrected chi connectivity index (χ4v) is 1.78. The van der Waals surface area contributed by atoms with Gasteiger partial charge in [-0.2, -0.15) is 0 Å². The average molecular weight is 298 g/mol. The minimum absolute atomic E-state index is 0.675. The first-order valence-electron chi connectivity index (χ1n) is 4.73. The topological polar surface area (TPSA) is 38.0 Å². The number of rotatable bonds is 2. The molecule has 0 fully saturated rings. The fourth-order valence-electron chi connectivity index (χ4n) is 1.36. The van der Waals surface area contributed by atoms with E-state index in [1.807, 2.05) is 42.5 Å². The van der Waals surface area contributed by atoms with Crippen molar-refractivity contribution in [3.63, 3.8) is 0 Å². The maximum Gasteiger partial charge on any atom is 0.0568 e. The van der Waals surface area contributed by atoms with Crippen molar-refractivity contribution >= 4 is 44.6 Å². The Labute approximate surface area is 108 Å². The molecule has 0 heterocycles. The van der Waals surface area contributed by atoms with Crippen LogP contribution in [0.15, 0.2) is 46.9 Å². The monoisotopic (exact) mass is 296 g/mol. The number of nitrogen functional groups attached to an aromatic ring is 1. The van der Waals surface area contributed by atoms with Gasteiger partial charge in [-0.05, 0) is 52.3 Å². The Morgan fingerprint density at radius 1 is 1.06 bits per heavy atom. The van der Waals surface area contributed by atoms with Gasteiger partial charge in [0.25, 0.3) is 0 Å². The maximum atomic E-state index is 6.00. The standard InChI is InChI=1S/C12H10BrClN2/c13-11-5-4-10(7-12(11)14)16-9-3-1-2-8(15)6-9/h1-7,16H,15H2. The molecule has 82 valence electrons. The highest BCUT2D eigenvalue weighted by Crippen LogP contribution is 2.27. The first kappa shape index (κ1) is 11.3. The van der Waals surface area contributed by atoms with Gasteiger partial charge in [0, 0.05) is 21.5 Å². The average Bonchev–Trinajstić information content (AvgIpc) is 2.24. The van der Waals surface area contributed by atoms with Crippen LogP contribution in [-0.2, 0) is 0 Å². The molecule has 2 aromatic carbocycles. The van der Waals surface area contributed by atoms with Crippen molar-refractivity contribution in [1.29, 1.82) is 0 Å². The van der Waals surface area contributed by atoms with Crippen molar-refractivity contribution < 1.29 is 0 Å². The molecular weight excluding hydrogens is 288 g/mol. The van der Waals surface area contributed by atoms with Crippen molar-refractivity contribution in [3.8, 4) is 0 Å². The summed E-state index contributed by atoms with van der Waals surface area (Å²) in [6.45, 7) is 0. The number of nitrogens with one attached hydrogen (secondary N) is 1. The van der Waals surface area contributed by atoms with Crippen molar-refractivity contribution in [2.24, 2.45) is 0 Å². The van der Waals surface area contributed by atoms with E-state index in [2.05, 4.69) is 21.2 Å². The first-order chi connectivity index (χ1) is 7.65. The van der Waals surface area contributed by atoms with Gasteiger partial charge in [0.1, 0.15) is 0 Å². The smallest absolute Gasteiger partial charge is 0.0568 e. The van der Waals surface area contributed by atoms with Crippen molar-refractivity contribution in [2.75, 3.05) is 11.1 Å². The number of halogens is 2. The van der Waals surface area contributed by atoms with E-state index in [4.69, 9.17) is 17.3 Å². The molecule has 0 aliphatic heterocycles. The molecule has 0 atom stereocenters. The summed E-state index contributed by atoms with van der Waals surface area (Å²) < 4.78 is 0.882.